The first-order valence-electron chi connectivity index (χ1n) is 11.3. The second kappa shape index (κ2) is 9.25. The van der Waals surface area contributed by atoms with E-state index in [4.69, 9.17) is 9.72 Å². The zero-order chi connectivity index (χ0) is 22.9. The Balaban J connectivity index is 1.50. The van der Waals surface area contributed by atoms with E-state index in [9.17, 15) is 4.79 Å². The van der Waals surface area contributed by atoms with Crippen molar-refractivity contribution in [2.24, 2.45) is 0 Å². The predicted molar refractivity (Wildman–Crippen MR) is 138 cm³/mol. The molecule has 33 heavy (non-hydrogen) atoms. The maximum Gasteiger partial charge on any atom is 0.256 e. The van der Waals surface area contributed by atoms with Crippen molar-refractivity contribution in [1.29, 1.82) is 0 Å². The summed E-state index contributed by atoms with van der Waals surface area (Å²) in [6, 6.07) is 15.5. The molecule has 0 unspecified atom stereocenters. The molecular formula is C26H27N3O2S2. The molecule has 0 aliphatic carbocycles. The molecule has 7 heteroatoms. The summed E-state index contributed by atoms with van der Waals surface area (Å²) >= 11 is 3.38. The van der Waals surface area contributed by atoms with Gasteiger partial charge in [-0.25, -0.2) is 4.98 Å². The van der Waals surface area contributed by atoms with E-state index in [-0.39, 0.29) is 12.0 Å². The van der Waals surface area contributed by atoms with Gasteiger partial charge in [-0.1, -0.05) is 19.1 Å². The van der Waals surface area contributed by atoms with Gasteiger partial charge in [0, 0.05) is 29.1 Å². The molecule has 4 aromatic rings. The number of thiazole rings is 1. The van der Waals surface area contributed by atoms with Crippen LogP contribution in [0.1, 0.15) is 41.6 Å². The number of hydrogen-bond donors (Lipinski definition) is 1. The molecule has 0 atom stereocenters. The van der Waals surface area contributed by atoms with E-state index in [2.05, 4.69) is 23.2 Å². The second-order valence-corrected chi connectivity index (χ2v) is 10.6. The predicted octanol–water partition coefficient (Wildman–Crippen LogP) is 6.44. The fourth-order valence-corrected chi connectivity index (χ4v) is 6.55. The molecule has 1 aliphatic heterocycles. The normalized spacial score (nSPS) is 13.9. The highest BCUT2D eigenvalue weighted by Crippen LogP contribution is 2.45. The number of thiophene rings is 1. The van der Waals surface area contributed by atoms with E-state index >= 15 is 0 Å². The van der Waals surface area contributed by atoms with Crippen molar-refractivity contribution in [2.75, 3.05) is 18.4 Å². The van der Waals surface area contributed by atoms with Gasteiger partial charge >= 0.3 is 0 Å². The van der Waals surface area contributed by atoms with Crippen molar-refractivity contribution in [3.05, 3.63) is 64.5 Å². The number of likely N-dealkylation sites (N-methyl/N-ethyl adjacent to an activating group) is 1. The van der Waals surface area contributed by atoms with E-state index in [0.717, 1.165) is 57.6 Å². The van der Waals surface area contributed by atoms with Crippen LogP contribution in [0.15, 0.2) is 48.5 Å². The van der Waals surface area contributed by atoms with Crippen LogP contribution in [0, 0.1) is 0 Å². The number of aromatic nitrogens is 1. The number of fused-ring (bicyclic) bond motifs is 2. The van der Waals surface area contributed by atoms with Gasteiger partial charge in [-0.2, -0.15) is 0 Å². The van der Waals surface area contributed by atoms with Gasteiger partial charge in [-0.15, -0.1) is 22.7 Å². The van der Waals surface area contributed by atoms with Crippen molar-refractivity contribution >= 4 is 43.8 Å². The number of carbonyl (C=O) groups excluding carboxylic acids is 1. The summed E-state index contributed by atoms with van der Waals surface area (Å²) in [5, 5.41) is 5.08. The van der Waals surface area contributed by atoms with E-state index in [1.807, 2.05) is 56.3 Å². The number of hydrogen-bond acceptors (Lipinski definition) is 6. The largest absolute Gasteiger partial charge is 0.491 e. The standard InChI is InChI=1S/C26H27N3O2S2/c1-4-29-14-13-19-22(15-29)33-26(23(19)25-27-20-7-5-6-8-21(20)32-25)28-24(30)17-9-11-18(12-10-17)31-16(2)3/h5-12,16H,4,13-15H2,1-3H3,(H,28,30). The minimum atomic E-state index is -0.112. The van der Waals surface area contributed by atoms with Crippen molar-refractivity contribution in [2.45, 2.75) is 39.8 Å². The molecule has 2 aromatic carbocycles. The Hall–Kier alpha value is -2.74. The fraction of sp³-hybridized carbons (Fsp3) is 0.308. The molecule has 1 amide bonds. The van der Waals surface area contributed by atoms with Crippen LogP contribution in [-0.2, 0) is 13.0 Å². The number of amides is 1. The average molecular weight is 478 g/mol. The van der Waals surface area contributed by atoms with Gasteiger partial charge in [0.2, 0.25) is 0 Å². The van der Waals surface area contributed by atoms with E-state index in [1.54, 1.807) is 22.7 Å². The summed E-state index contributed by atoms with van der Waals surface area (Å²) in [4.78, 5) is 21.9. The van der Waals surface area contributed by atoms with Gasteiger partial charge < -0.3 is 10.1 Å². The number of carbonyl (C=O) groups is 1. The molecule has 0 radical (unpaired) electrons. The molecular weight excluding hydrogens is 450 g/mol. The number of benzene rings is 2. The Morgan fingerprint density at radius 1 is 1.15 bits per heavy atom. The van der Waals surface area contributed by atoms with Gasteiger partial charge in [0.1, 0.15) is 15.8 Å². The number of anilines is 1. The zero-order valence-electron chi connectivity index (χ0n) is 19.1. The van der Waals surface area contributed by atoms with Crippen LogP contribution in [0.25, 0.3) is 20.8 Å². The molecule has 1 aliphatic rings. The molecule has 3 heterocycles. The van der Waals surface area contributed by atoms with Crippen molar-refractivity contribution in [1.82, 2.24) is 9.88 Å². The van der Waals surface area contributed by atoms with Gasteiger partial charge in [0.05, 0.1) is 16.3 Å². The molecule has 2 aromatic heterocycles. The Kier molecular flexibility index (Phi) is 6.19. The molecule has 170 valence electrons. The van der Waals surface area contributed by atoms with Gasteiger partial charge in [0.15, 0.2) is 0 Å². The lowest BCUT2D eigenvalue weighted by Gasteiger charge is -2.25. The second-order valence-electron chi connectivity index (χ2n) is 8.46. The van der Waals surface area contributed by atoms with Crippen molar-refractivity contribution < 1.29 is 9.53 Å². The molecule has 5 nitrogen and oxygen atoms in total. The molecule has 0 fully saturated rings. The SMILES string of the molecule is CCN1CCc2c(sc(NC(=O)c3ccc(OC(C)C)cc3)c2-c2nc3ccccc3s2)C1. The molecule has 0 saturated carbocycles. The summed E-state index contributed by atoms with van der Waals surface area (Å²) in [6.45, 7) is 9.15. The zero-order valence-corrected chi connectivity index (χ0v) is 20.7. The fourth-order valence-electron chi connectivity index (χ4n) is 4.15. The third kappa shape index (κ3) is 4.53. The Morgan fingerprint density at radius 3 is 2.67 bits per heavy atom. The van der Waals surface area contributed by atoms with Crippen molar-refractivity contribution in [3.8, 4) is 16.3 Å². The molecule has 0 saturated heterocycles. The van der Waals surface area contributed by atoms with Crippen LogP contribution in [0.5, 0.6) is 5.75 Å². The van der Waals surface area contributed by atoms with Crippen LogP contribution in [0.3, 0.4) is 0 Å². The van der Waals surface area contributed by atoms with Crippen LogP contribution >= 0.6 is 22.7 Å². The maximum absolute atomic E-state index is 13.2. The van der Waals surface area contributed by atoms with Gasteiger partial charge in [-0.05, 0) is 68.8 Å². The van der Waals surface area contributed by atoms with E-state index < -0.39 is 0 Å². The highest BCUT2D eigenvalue weighted by Gasteiger charge is 2.27. The van der Waals surface area contributed by atoms with Crippen LogP contribution in [0.4, 0.5) is 5.00 Å². The number of nitrogens with zero attached hydrogens (tertiary/aromatic N) is 2. The molecule has 1 N–H and O–H groups in total. The minimum absolute atomic E-state index is 0.0983. The first-order chi connectivity index (χ1) is 16.0. The lowest BCUT2D eigenvalue weighted by Crippen LogP contribution is -2.29. The summed E-state index contributed by atoms with van der Waals surface area (Å²) < 4.78 is 6.87. The third-order valence-electron chi connectivity index (χ3n) is 5.81. The number of para-hydroxylation sites is 1. The van der Waals surface area contributed by atoms with Gasteiger partial charge in [-0.3, -0.25) is 9.69 Å². The van der Waals surface area contributed by atoms with E-state index in [1.165, 1.54) is 10.4 Å². The molecule has 0 spiro atoms. The summed E-state index contributed by atoms with van der Waals surface area (Å²) in [5.41, 5.74) is 4.05. The topological polar surface area (TPSA) is 54.5 Å². The maximum atomic E-state index is 13.2. The quantitative estimate of drug-likeness (QED) is 0.347. The molecule has 0 bridgehead atoms. The first-order valence-corrected chi connectivity index (χ1v) is 13.0. The Bertz CT molecular complexity index is 1260. The Labute approximate surface area is 202 Å². The number of ether oxygens (including phenoxy) is 1. The summed E-state index contributed by atoms with van der Waals surface area (Å²) in [7, 11) is 0. The van der Waals surface area contributed by atoms with Crippen LogP contribution in [-0.4, -0.2) is 35.0 Å². The minimum Gasteiger partial charge on any atom is -0.491 e. The van der Waals surface area contributed by atoms with Crippen LogP contribution < -0.4 is 10.1 Å². The first kappa shape index (κ1) is 22.1. The highest BCUT2D eigenvalue weighted by molar-refractivity contribution is 7.23. The number of nitrogens with one attached hydrogen (secondary N) is 1. The Morgan fingerprint density at radius 2 is 1.94 bits per heavy atom. The summed E-state index contributed by atoms with van der Waals surface area (Å²) in [5.74, 6) is 0.655. The highest BCUT2D eigenvalue weighted by atomic mass is 32.1. The monoisotopic (exact) mass is 477 g/mol. The lowest BCUT2D eigenvalue weighted by atomic mass is 10.0. The third-order valence-corrected chi connectivity index (χ3v) is 7.99. The lowest BCUT2D eigenvalue weighted by molar-refractivity contribution is 0.102. The summed E-state index contributed by atoms with van der Waals surface area (Å²) in [6.07, 6.45) is 1.07. The number of rotatable bonds is 6. The van der Waals surface area contributed by atoms with Gasteiger partial charge in [0.25, 0.3) is 5.91 Å². The van der Waals surface area contributed by atoms with Crippen LogP contribution in [0.2, 0.25) is 0 Å². The smallest absolute Gasteiger partial charge is 0.256 e. The average Bonchev–Trinajstić information content (AvgIpc) is 3.38. The van der Waals surface area contributed by atoms with E-state index in [0.29, 0.717) is 5.56 Å². The van der Waals surface area contributed by atoms with Crippen molar-refractivity contribution in [3.63, 3.8) is 0 Å². The molecule has 5 rings (SSSR count).